The van der Waals surface area contributed by atoms with E-state index in [0.29, 0.717) is 11.4 Å². The number of anilines is 1. The molecular weight excluding hydrogens is 329 g/mol. The van der Waals surface area contributed by atoms with Crippen LogP contribution in [0.3, 0.4) is 0 Å². The van der Waals surface area contributed by atoms with Gasteiger partial charge in [-0.05, 0) is 38.1 Å². The number of nitrogens with zero attached hydrogens (tertiary/aromatic N) is 3. The molecule has 0 saturated heterocycles. The summed E-state index contributed by atoms with van der Waals surface area (Å²) in [6.45, 7) is 3.75. The standard InChI is InChI=1S/C16H16FN5OS/c1-10-9-24-15(19-10)11(2)20-16(23)21-12-4-5-14(13(17)8-12)22-7-3-6-18-22/h3-9,11H,1-2H3,(H2,20,21,23). The van der Waals surface area contributed by atoms with Crippen molar-refractivity contribution in [1.29, 1.82) is 0 Å². The summed E-state index contributed by atoms with van der Waals surface area (Å²) in [6.07, 6.45) is 3.22. The Morgan fingerprint density at radius 1 is 1.42 bits per heavy atom. The number of hydrogen-bond donors (Lipinski definition) is 2. The van der Waals surface area contributed by atoms with Gasteiger partial charge in [0.05, 0.1) is 6.04 Å². The van der Waals surface area contributed by atoms with Crippen LogP contribution in [-0.2, 0) is 0 Å². The highest BCUT2D eigenvalue weighted by Crippen LogP contribution is 2.19. The van der Waals surface area contributed by atoms with Crippen LogP contribution in [0.5, 0.6) is 0 Å². The third-order valence-corrected chi connectivity index (χ3v) is 4.46. The minimum atomic E-state index is -0.472. The molecule has 0 aliphatic heterocycles. The second-order valence-electron chi connectivity index (χ2n) is 5.26. The van der Waals surface area contributed by atoms with Crippen molar-refractivity contribution in [3.8, 4) is 5.69 Å². The molecule has 2 heterocycles. The number of amides is 2. The SMILES string of the molecule is Cc1csc(C(C)NC(=O)Nc2ccc(-n3cccn3)c(F)c2)n1. The zero-order valence-electron chi connectivity index (χ0n) is 13.2. The lowest BCUT2D eigenvalue weighted by Gasteiger charge is -2.13. The molecule has 2 N–H and O–H groups in total. The Labute approximate surface area is 142 Å². The van der Waals surface area contributed by atoms with E-state index in [1.165, 1.54) is 22.1 Å². The van der Waals surface area contributed by atoms with Crippen molar-refractivity contribution in [3.05, 3.63) is 58.6 Å². The minimum absolute atomic E-state index is 0.225. The first-order valence-electron chi connectivity index (χ1n) is 7.32. The van der Waals surface area contributed by atoms with Crippen molar-refractivity contribution in [1.82, 2.24) is 20.1 Å². The van der Waals surface area contributed by atoms with Gasteiger partial charge >= 0.3 is 6.03 Å². The van der Waals surface area contributed by atoms with E-state index in [-0.39, 0.29) is 6.04 Å². The lowest BCUT2D eigenvalue weighted by atomic mass is 10.2. The Hall–Kier alpha value is -2.74. The molecule has 3 aromatic rings. The Kier molecular flexibility index (Phi) is 4.57. The molecule has 1 aromatic carbocycles. The van der Waals surface area contributed by atoms with Crippen LogP contribution < -0.4 is 10.6 Å². The van der Waals surface area contributed by atoms with Gasteiger partial charge in [0.1, 0.15) is 10.7 Å². The van der Waals surface area contributed by atoms with Crippen LogP contribution in [-0.4, -0.2) is 20.8 Å². The molecule has 1 unspecified atom stereocenters. The number of hydrogen-bond acceptors (Lipinski definition) is 4. The van der Waals surface area contributed by atoms with E-state index >= 15 is 0 Å². The molecule has 0 spiro atoms. The number of rotatable bonds is 4. The highest BCUT2D eigenvalue weighted by molar-refractivity contribution is 7.09. The summed E-state index contributed by atoms with van der Waals surface area (Å²) in [5.41, 5.74) is 1.60. The number of halogens is 1. The van der Waals surface area contributed by atoms with Crippen molar-refractivity contribution < 1.29 is 9.18 Å². The fourth-order valence-corrected chi connectivity index (χ4v) is 2.98. The second kappa shape index (κ2) is 6.79. The number of carbonyl (C=O) groups excluding carboxylic acids is 1. The van der Waals surface area contributed by atoms with Crippen molar-refractivity contribution in [2.45, 2.75) is 19.9 Å². The van der Waals surface area contributed by atoms with Crippen molar-refractivity contribution >= 4 is 23.1 Å². The quantitative estimate of drug-likeness (QED) is 0.758. The first-order valence-corrected chi connectivity index (χ1v) is 8.20. The molecule has 0 fully saturated rings. The van der Waals surface area contributed by atoms with Crippen LogP contribution >= 0.6 is 11.3 Å². The molecule has 3 rings (SSSR count). The van der Waals surface area contributed by atoms with E-state index in [4.69, 9.17) is 0 Å². The van der Waals surface area contributed by atoms with E-state index < -0.39 is 11.8 Å². The molecule has 0 aliphatic carbocycles. The van der Waals surface area contributed by atoms with Gasteiger partial charge in [0.25, 0.3) is 0 Å². The van der Waals surface area contributed by atoms with Crippen LogP contribution in [0.25, 0.3) is 5.69 Å². The number of benzene rings is 1. The topological polar surface area (TPSA) is 71.8 Å². The summed E-state index contributed by atoms with van der Waals surface area (Å²) in [5, 5.41) is 12.1. The number of nitrogens with one attached hydrogen (secondary N) is 2. The van der Waals surface area contributed by atoms with Gasteiger partial charge in [-0.3, -0.25) is 0 Å². The number of urea groups is 1. The van der Waals surface area contributed by atoms with Crippen LogP contribution in [0, 0.1) is 12.7 Å². The maximum absolute atomic E-state index is 14.2. The van der Waals surface area contributed by atoms with Crippen molar-refractivity contribution in [2.75, 3.05) is 5.32 Å². The third-order valence-electron chi connectivity index (χ3n) is 3.31. The van der Waals surface area contributed by atoms with Gasteiger partial charge in [0.15, 0.2) is 5.82 Å². The van der Waals surface area contributed by atoms with E-state index in [1.54, 1.807) is 30.6 Å². The van der Waals surface area contributed by atoms with E-state index in [0.717, 1.165) is 10.7 Å². The number of thiazole rings is 1. The van der Waals surface area contributed by atoms with Gasteiger partial charge in [0.2, 0.25) is 0 Å². The molecule has 0 radical (unpaired) electrons. The molecular formula is C16H16FN5OS. The second-order valence-corrected chi connectivity index (χ2v) is 6.15. The van der Waals surface area contributed by atoms with Gasteiger partial charge in [-0.25, -0.2) is 18.9 Å². The van der Waals surface area contributed by atoms with Crippen molar-refractivity contribution in [2.24, 2.45) is 0 Å². The molecule has 2 amide bonds. The lowest BCUT2D eigenvalue weighted by Crippen LogP contribution is -2.31. The summed E-state index contributed by atoms with van der Waals surface area (Å²) in [5.74, 6) is -0.472. The van der Waals surface area contributed by atoms with E-state index in [9.17, 15) is 9.18 Å². The summed E-state index contributed by atoms with van der Waals surface area (Å²) >= 11 is 1.49. The van der Waals surface area contributed by atoms with Crippen LogP contribution in [0.2, 0.25) is 0 Å². The molecule has 124 valence electrons. The number of aryl methyl sites for hydroxylation is 1. The normalized spacial score (nSPS) is 12.0. The van der Waals surface area contributed by atoms with Crippen molar-refractivity contribution in [3.63, 3.8) is 0 Å². The zero-order chi connectivity index (χ0) is 17.1. The Morgan fingerprint density at radius 3 is 2.88 bits per heavy atom. The van der Waals surface area contributed by atoms with Gasteiger partial charge < -0.3 is 10.6 Å². The van der Waals surface area contributed by atoms with Crippen LogP contribution in [0.1, 0.15) is 23.7 Å². The van der Waals surface area contributed by atoms with Gasteiger partial charge in [0, 0.05) is 29.2 Å². The molecule has 0 bridgehead atoms. The smallest absolute Gasteiger partial charge is 0.319 e. The van der Waals surface area contributed by atoms with Crippen LogP contribution in [0.15, 0.2) is 42.0 Å². The average molecular weight is 345 g/mol. The average Bonchev–Trinajstić information content (AvgIpc) is 3.18. The number of aromatic nitrogens is 3. The molecule has 0 aliphatic rings. The molecule has 24 heavy (non-hydrogen) atoms. The predicted octanol–water partition coefficient (Wildman–Crippen LogP) is 3.66. The monoisotopic (exact) mass is 345 g/mol. The fraction of sp³-hybridized carbons (Fsp3) is 0.188. The maximum atomic E-state index is 14.2. The van der Waals surface area contributed by atoms with E-state index in [2.05, 4.69) is 20.7 Å². The summed E-state index contributed by atoms with van der Waals surface area (Å²) in [7, 11) is 0. The van der Waals surface area contributed by atoms with Gasteiger partial charge in [-0.1, -0.05) is 0 Å². The molecule has 0 saturated carbocycles. The van der Waals surface area contributed by atoms with Gasteiger partial charge in [-0.2, -0.15) is 5.10 Å². The summed E-state index contributed by atoms with van der Waals surface area (Å²) in [6, 6.07) is 5.51. The summed E-state index contributed by atoms with van der Waals surface area (Å²) in [4.78, 5) is 16.4. The Morgan fingerprint density at radius 2 is 2.25 bits per heavy atom. The van der Waals surface area contributed by atoms with E-state index in [1.807, 2.05) is 19.2 Å². The Balaban J connectivity index is 1.65. The highest BCUT2D eigenvalue weighted by Gasteiger charge is 2.13. The summed E-state index contributed by atoms with van der Waals surface area (Å²) < 4.78 is 15.6. The first-order chi connectivity index (χ1) is 11.5. The first kappa shape index (κ1) is 16.1. The predicted molar refractivity (Wildman–Crippen MR) is 90.9 cm³/mol. The largest absolute Gasteiger partial charge is 0.329 e. The molecule has 2 aromatic heterocycles. The maximum Gasteiger partial charge on any atom is 0.319 e. The lowest BCUT2D eigenvalue weighted by molar-refractivity contribution is 0.249. The fourth-order valence-electron chi connectivity index (χ4n) is 2.18. The Bertz CT molecular complexity index is 846. The third kappa shape index (κ3) is 3.60. The van der Waals surface area contributed by atoms with Gasteiger partial charge in [-0.15, -0.1) is 11.3 Å². The zero-order valence-corrected chi connectivity index (χ0v) is 14.0. The number of carbonyl (C=O) groups is 1. The molecule has 6 nitrogen and oxygen atoms in total. The molecule has 8 heteroatoms. The highest BCUT2D eigenvalue weighted by atomic mass is 32.1. The minimum Gasteiger partial charge on any atom is -0.329 e. The van der Waals surface area contributed by atoms with Crippen LogP contribution in [0.4, 0.5) is 14.9 Å². The molecule has 1 atom stereocenters.